The van der Waals surface area contributed by atoms with E-state index in [4.69, 9.17) is 0 Å². The molecule has 1 aliphatic heterocycles. The summed E-state index contributed by atoms with van der Waals surface area (Å²) in [6, 6.07) is 1.74. The van der Waals surface area contributed by atoms with Gasteiger partial charge in [-0.15, -0.1) is 0 Å². The highest BCUT2D eigenvalue weighted by atomic mass is 79.9. The summed E-state index contributed by atoms with van der Waals surface area (Å²) in [5.41, 5.74) is 0.955. The van der Waals surface area contributed by atoms with Crippen molar-refractivity contribution < 1.29 is 9.59 Å². The summed E-state index contributed by atoms with van der Waals surface area (Å²) in [5.74, 6) is 0.103. The monoisotopic (exact) mass is 282 g/mol. The zero-order chi connectivity index (χ0) is 11.7. The Balaban J connectivity index is 2.38. The number of hydrogen-bond donors (Lipinski definition) is 0. The highest BCUT2D eigenvalue weighted by Crippen LogP contribution is 2.23. The van der Waals surface area contributed by atoms with Crippen LogP contribution in [-0.2, 0) is 9.59 Å². The number of anilines is 1. The summed E-state index contributed by atoms with van der Waals surface area (Å²) in [6.45, 7) is 1.90. The van der Waals surface area contributed by atoms with E-state index >= 15 is 0 Å². The number of piperidine rings is 1. The second-order valence-corrected chi connectivity index (χ2v) is 4.62. The smallest absolute Gasteiger partial charge is 0.234 e. The molecule has 4 nitrogen and oxygen atoms in total. The minimum atomic E-state index is -0.162. The Kier molecular flexibility index (Phi) is 3.05. The van der Waals surface area contributed by atoms with Gasteiger partial charge in [0, 0.05) is 23.5 Å². The molecule has 1 saturated heterocycles. The Hall–Kier alpha value is -1.23. The van der Waals surface area contributed by atoms with Gasteiger partial charge in [0.2, 0.25) is 11.8 Å². The van der Waals surface area contributed by atoms with E-state index in [0.717, 1.165) is 10.0 Å². The lowest BCUT2D eigenvalue weighted by atomic mass is 10.1. The van der Waals surface area contributed by atoms with Crippen LogP contribution in [0.5, 0.6) is 0 Å². The fourth-order valence-electron chi connectivity index (χ4n) is 1.66. The van der Waals surface area contributed by atoms with Gasteiger partial charge in [0.1, 0.15) is 5.82 Å². The van der Waals surface area contributed by atoms with Crippen molar-refractivity contribution in [3.63, 3.8) is 0 Å². The number of pyridine rings is 1. The van der Waals surface area contributed by atoms with Crippen molar-refractivity contribution in [3.05, 3.63) is 22.3 Å². The van der Waals surface area contributed by atoms with Gasteiger partial charge >= 0.3 is 0 Å². The molecule has 0 atom stereocenters. The van der Waals surface area contributed by atoms with Crippen LogP contribution in [0.15, 0.2) is 16.7 Å². The Labute approximate surface area is 102 Å². The largest absolute Gasteiger partial charge is 0.274 e. The quantitative estimate of drug-likeness (QED) is 0.742. The molecule has 5 heteroatoms. The zero-order valence-corrected chi connectivity index (χ0v) is 10.5. The van der Waals surface area contributed by atoms with Gasteiger partial charge < -0.3 is 0 Å². The van der Waals surface area contributed by atoms with Gasteiger partial charge in [-0.05, 0) is 40.9 Å². The van der Waals surface area contributed by atoms with Crippen molar-refractivity contribution in [2.75, 3.05) is 4.90 Å². The number of imide groups is 1. The summed E-state index contributed by atoms with van der Waals surface area (Å²) in [4.78, 5) is 28.6. The van der Waals surface area contributed by atoms with Crippen LogP contribution in [0.4, 0.5) is 5.82 Å². The molecule has 0 bridgehead atoms. The molecule has 1 aliphatic rings. The molecule has 0 unspecified atom stereocenters. The second-order valence-electron chi connectivity index (χ2n) is 3.77. The topological polar surface area (TPSA) is 50.3 Å². The number of halogens is 1. The molecule has 0 aromatic carbocycles. The first kappa shape index (κ1) is 11.3. The summed E-state index contributed by atoms with van der Waals surface area (Å²) < 4.78 is 0.869. The molecule has 2 heterocycles. The molecule has 1 fully saturated rings. The third kappa shape index (κ3) is 2.00. The van der Waals surface area contributed by atoms with E-state index < -0.39 is 0 Å². The number of carbonyl (C=O) groups excluding carboxylic acids is 2. The fourth-order valence-corrected chi connectivity index (χ4v) is 1.87. The van der Waals surface area contributed by atoms with E-state index in [1.165, 1.54) is 4.90 Å². The molecule has 1 aromatic heterocycles. The SMILES string of the molecule is Cc1cc(N2C(=O)CCCC2=O)ncc1Br. The molecule has 84 valence electrons. The maximum Gasteiger partial charge on any atom is 0.234 e. The molecule has 0 spiro atoms. The number of carbonyl (C=O) groups is 2. The van der Waals surface area contributed by atoms with Gasteiger partial charge in [-0.2, -0.15) is 0 Å². The fraction of sp³-hybridized carbons (Fsp3) is 0.364. The van der Waals surface area contributed by atoms with Crippen LogP contribution in [0.25, 0.3) is 0 Å². The van der Waals surface area contributed by atoms with Crippen LogP contribution in [0.3, 0.4) is 0 Å². The van der Waals surface area contributed by atoms with Gasteiger partial charge in [-0.3, -0.25) is 9.59 Å². The number of aryl methyl sites for hydroxylation is 1. The van der Waals surface area contributed by atoms with Gasteiger partial charge in [0.15, 0.2) is 0 Å². The van der Waals surface area contributed by atoms with Gasteiger partial charge in [-0.25, -0.2) is 9.88 Å². The molecule has 0 saturated carbocycles. The predicted molar refractivity (Wildman–Crippen MR) is 63.0 cm³/mol. The highest BCUT2D eigenvalue weighted by Gasteiger charge is 2.28. The first-order valence-electron chi connectivity index (χ1n) is 5.07. The number of rotatable bonds is 1. The Morgan fingerprint density at radius 3 is 2.50 bits per heavy atom. The predicted octanol–water partition coefficient (Wildman–Crippen LogP) is 2.20. The van der Waals surface area contributed by atoms with E-state index in [-0.39, 0.29) is 11.8 Å². The maximum absolute atomic E-state index is 11.7. The summed E-state index contributed by atoms with van der Waals surface area (Å²) in [6.07, 6.45) is 3.09. The molecule has 0 aliphatic carbocycles. The van der Waals surface area contributed by atoms with Gasteiger partial charge in [-0.1, -0.05) is 0 Å². The van der Waals surface area contributed by atoms with Crippen LogP contribution in [0, 0.1) is 6.92 Å². The minimum Gasteiger partial charge on any atom is -0.274 e. The van der Waals surface area contributed by atoms with Gasteiger partial charge in [0.25, 0.3) is 0 Å². The zero-order valence-electron chi connectivity index (χ0n) is 8.86. The van der Waals surface area contributed by atoms with Crippen molar-refractivity contribution in [2.24, 2.45) is 0 Å². The van der Waals surface area contributed by atoms with Crippen LogP contribution in [0.2, 0.25) is 0 Å². The molecular formula is C11H11BrN2O2. The molecule has 0 radical (unpaired) electrons. The van der Waals surface area contributed by atoms with Crippen LogP contribution < -0.4 is 4.90 Å². The molecule has 0 N–H and O–H groups in total. The Morgan fingerprint density at radius 1 is 1.31 bits per heavy atom. The third-order valence-electron chi connectivity index (χ3n) is 2.54. The normalized spacial score (nSPS) is 16.8. The first-order chi connectivity index (χ1) is 7.59. The molecular weight excluding hydrogens is 272 g/mol. The first-order valence-corrected chi connectivity index (χ1v) is 5.87. The van der Waals surface area contributed by atoms with E-state index in [0.29, 0.717) is 25.1 Å². The lowest BCUT2D eigenvalue weighted by Gasteiger charge is -2.24. The van der Waals surface area contributed by atoms with Crippen molar-refractivity contribution in [2.45, 2.75) is 26.2 Å². The second kappa shape index (κ2) is 4.33. The number of nitrogens with zero attached hydrogens (tertiary/aromatic N) is 2. The average molecular weight is 283 g/mol. The van der Waals surface area contributed by atoms with E-state index in [1.54, 1.807) is 12.3 Å². The standard InChI is InChI=1S/C11H11BrN2O2/c1-7-5-9(13-6-8(7)12)14-10(15)3-2-4-11(14)16/h5-6H,2-4H2,1H3. The van der Waals surface area contributed by atoms with Crippen molar-refractivity contribution in [1.82, 2.24) is 4.98 Å². The van der Waals surface area contributed by atoms with Crippen molar-refractivity contribution in [1.29, 1.82) is 0 Å². The van der Waals surface area contributed by atoms with Crippen molar-refractivity contribution in [3.8, 4) is 0 Å². The van der Waals surface area contributed by atoms with E-state index in [9.17, 15) is 9.59 Å². The van der Waals surface area contributed by atoms with Crippen molar-refractivity contribution >= 4 is 33.6 Å². The summed E-state index contributed by atoms with van der Waals surface area (Å²) in [7, 11) is 0. The lowest BCUT2D eigenvalue weighted by molar-refractivity contribution is -0.129. The number of amides is 2. The average Bonchev–Trinajstić information content (AvgIpc) is 2.23. The maximum atomic E-state index is 11.7. The Bertz CT molecular complexity index is 443. The van der Waals surface area contributed by atoms with E-state index in [1.807, 2.05) is 6.92 Å². The molecule has 2 rings (SSSR count). The molecule has 2 amide bonds. The molecule has 1 aromatic rings. The summed E-state index contributed by atoms with van der Waals surface area (Å²) >= 11 is 3.33. The minimum absolute atomic E-state index is 0.162. The lowest BCUT2D eigenvalue weighted by Crippen LogP contribution is -2.40. The van der Waals surface area contributed by atoms with Crippen LogP contribution in [0.1, 0.15) is 24.8 Å². The Morgan fingerprint density at radius 2 is 1.94 bits per heavy atom. The number of hydrogen-bond acceptors (Lipinski definition) is 3. The highest BCUT2D eigenvalue weighted by molar-refractivity contribution is 9.10. The van der Waals surface area contributed by atoms with Crippen LogP contribution in [-0.4, -0.2) is 16.8 Å². The van der Waals surface area contributed by atoms with Gasteiger partial charge in [0.05, 0.1) is 0 Å². The molecule has 16 heavy (non-hydrogen) atoms. The third-order valence-corrected chi connectivity index (χ3v) is 3.37. The van der Waals surface area contributed by atoms with E-state index in [2.05, 4.69) is 20.9 Å². The van der Waals surface area contributed by atoms with Crippen LogP contribution >= 0.6 is 15.9 Å². The number of aromatic nitrogens is 1. The summed E-state index contributed by atoms with van der Waals surface area (Å²) in [5, 5.41) is 0.